The topological polar surface area (TPSA) is 73.8 Å². The van der Waals surface area contributed by atoms with Crippen molar-refractivity contribution in [2.75, 3.05) is 0 Å². The van der Waals surface area contributed by atoms with Crippen LogP contribution in [0.25, 0.3) is 11.2 Å². The fourth-order valence-corrected chi connectivity index (χ4v) is 1.23. The first-order valence-electron chi connectivity index (χ1n) is 3.76. The fraction of sp³-hybridized carbons (Fsp3) is 0.125. The van der Waals surface area contributed by atoms with Gasteiger partial charge in [-0.3, -0.25) is 4.79 Å². The van der Waals surface area contributed by atoms with Crippen LogP contribution in [0.3, 0.4) is 0 Å². The molecule has 0 aliphatic heterocycles. The molecule has 13 heavy (non-hydrogen) atoms. The summed E-state index contributed by atoms with van der Waals surface area (Å²) in [7, 11) is 1.81. The highest BCUT2D eigenvalue weighted by molar-refractivity contribution is 6.03. The zero-order valence-electron chi connectivity index (χ0n) is 7.06. The molecule has 66 valence electrons. The van der Waals surface area contributed by atoms with E-state index < -0.39 is 5.91 Å². The number of aryl methyl sites for hydroxylation is 1. The lowest BCUT2D eigenvalue weighted by Crippen LogP contribution is -2.11. The van der Waals surface area contributed by atoms with E-state index in [1.54, 1.807) is 23.2 Å². The molecule has 0 spiro atoms. The minimum absolute atomic E-state index is 0.408. The van der Waals surface area contributed by atoms with E-state index in [0.29, 0.717) is 16.7 Å². The van der Waals surface area contributed by atoms with Crippen molar-refractivity contribution in [3.05, 3.63) is 24.2 Å². The summed E-state index contributed by atoms with van der Waals surface area (Å²) in [5.74, 6) is -0.480. The number of rotatable bonds is 1. The molecule has 0 saturated carbocycles. The molecular weight excluding hydrogens is 168 g/mol. The van der Waals surface area contributed by atoms with Gasteiger partial charge in [-0.15, -0.1) is 0 Å². The van der Waals surface area contributed by atoms with Crippen LogP contribution in [0.2, 0.25) is 0 Å². The second-order valence-electron chi connectivity index (χ2n) is 2.75. The first-order chi connectivity index (χ1) is 6.20. The number of amides is 1. The SMILES string of the molecule is Cn1cnc2c(C(N)=O)ccnc21. The van der Waals surface area contributed by atoms with Crippen LogP contribution in [0.1, 0.15) is 10.4 Å². The van der Waals surface area contributed by atoms with Gasteiger partial charge in [0.25, 0.3) is 5.91 Å². The van der Waals surface area contributed by atoms with E-state index >= 15 is 0 Å². The molecule has 0 aliphatic carbocycles. The van der Waals surface area contributed by atoms with Crippen LogP contribution in [0.4, 0.5) is 0 Å². The van der Waals surface area contributed by atoms with Crippen LogP contribution >= 0.6 is 0 Å². The third-order valence-corrected chi connectivity index (χ3v) is 1.86. The van der Waals surface area contributed by atoms with E-state index in [9.17, 15) is 4.79 Å². The number of carbonyl (C=O) groups excluding carboxylic acids is 1. The van der Waals surface area contributed by atoms with E-state index in [4.69, 9.17) is 5.73 Å². The predicted molar refractivity (Wildman–Crippen MR) is 47.0 cm³/mol. The average Bonchev–Trinajstić information content (AvgIpc) is 2.48. The van der Waals surface area contributed by atoms with Gasteiger partial charge in [0.2, 0.25) is 0 Å². The standard InChI is InChI=1S/C8H8N4O/c1-12-4-11-6-5(7(9)13)2-3-10-8(6)12/h2-4H,1H3,(H2,9,13). The molecule has 2 heterocycles. The summed E-state index contributed by atoms with van der Waals surface area (Å²) in [5, 5.41) is 0. The third-order valence-electron chi connectivity index (χ3n) is 1.86. The molecular formula is C8H8N4O. The highest BCUT2D eigenvalue weighted by Crippen LogP contribution is 2.12. The normalized spacial score (nSPS) is 10.5. The van der Waals surface area contributed by atoms with Crippen LogP contribution < -0.4 is 5.73 Å². The number of aromatic nitrogens is 3. The molecule has 0 fully saturated rings. The Hall–Kier alpha value is -1.91. The lowest BCUT2D eigenvalue weighted by Gasteiger charge is -1.96. The quantitative estimate of drug-likeness (QED) is 0.668. The Balaban J connectivity index is 2.84. The van der Waals surface area contributed by atoms with Crippen molar-refractivity contribution < 1.29 is 4.79 Å². The fourth-order valence-electron chi connectivity index (χ4n) is 1.23. The van der Waals surface area contributed by atoms with Gasteiger partial charge >= 0.3 is 0 Å². The number of hydrogen-bond donors (Lipinski definition) is 1. The summed E-state index contributed by atoms with van der Waals surface area (Å²) in [4.78, 5) is 19.1. The molecule has 0 aliphatic rings. The molecule has 0 atom stereocenters. The molecule has 2 aromatic rings. The zero-order valence-corrected chi connectivity index (χ0v) is 7.06. The summed E-state index contributed by atoms with van der Waals surface area (Å²) in [6.07, 6.45) is 3.15. The molecule has 5 nitrogen and oxygen atoms in total. The lowest BCUT2D eigenvalue weighted by atomic mass is 10.2. The first-order valence-corrected chi connectivity index (χ1v) is 3.76. The van der Waals surface area contributed by atoms with E-state index in [0.717, 1.165) is 0 Å². The summed E-state index contributed by atoms with van der Waals surface area (Å²) in [6, 6.07) is 1.57. The largest absolute Gasteiger partial charge is 0.366 e. The number of imidazole rings is 1. The van der Waals surface area contributed by atoms with Gasteiger partial charge in [-0.25, -0.2) is 9.97 Å². The Morgan fingerprint density at radius 2 is 2.31 bits per heavy atom. The average molecular weight is 176 g/mol. The number of nitrogens with two attached hydrogens (primary N) is 1. The summed E-state index contributed by atoms with van der Waals surface area (Å²) in [5.41, 5.74) is 6.80. The van der Waals surface area contributed by atoms with Gasteiger partial charge in [-0.05, 0) is 6.07 Å². The molecule has 0 radical (unpaired) electrons. The van der Waals surface area contributed by atoms with Gasteiger partial charge in [-0.1, -0.05) is 0 Å². The van der Waals surface area contributed by atoms with Gasteiger partial charge in [0, 0.05) is 13.2 Å². The summed E-state index contributed by atoms with van der Waals surface area (Å²) >= 11 is 0. The van der Waals surface area contributed by atoms with E-state index in [-0.39, 0.29) is 0 Å². The Morgan fingerprint density at radius 3 is 3.00 bits per heavy atom. The van der Waals surface area contributed by atoms with Crippen molar-refractivity contribution in [2.24, 2.45) is 12.8 Å². The molecule has 1 amide bonds. The van der Waals surface area contributed by atoms with Crippen molar-refractivity contribution in [1.82, 2.24) is 14.5 Å². The summed E-state index contributed by atoms with van der Waals surface area (Å²) < 4.78 is 1.74. The van der Waals surface area contributed by atoms with Crippen molar-refractivity contribution in [2.45, 2.75) is 0 Å². The van der Waals surface area contributed by atoms with E-state index in [1.807, 2.05) is 7.05 Å². The molecule has 5 heteroatoms. The van der Waals surface area contributed by atoms with Crippen molar-refractivity contribution in [3.8, 4) is 0 Å². The predicted octanol–water partition coefficient (Wildman–Crippen LogP) is 0.0672. The van der Waals surface area contributed by atoms with Gasteiger partial charge in [-0.2, -0.15) is 0 Å². The van der Waals surface area contributed by atoms with E-state index in [1.165, 1.54) is 0 Å². The number of carbonyl (C=O) groups is 1. The minimum atomic E-state index is -0.480. The maximum absolute atomic E-state index is 11.0. The van der Waals surface area contributed by atoms with Gasteiger partial charge in [0.1, 0.15) is 5.52 Å². The highest BCUT2D eigenvalue weighted by Gasteiger charge is 2.09. The number of nitrogens with zero attached hydrogens (tertiary/aromatic N) is 3. The monoisotopic (exact) mass is 176 g/mol. The van der Waals surface area contributed by atoms with E-state index in [2.05, 4.69) is 9.97 Å². The lowest BCUT2D eigenvalue weighted by molar-refractivity contribution is 0.100. The maximum Gasteiger partial charge on any atom is 0.251 e. The maximum atomic E-state index is 11.0. The Labute approximate surface area is 74.2 Å². The second-order valence-corrected chi connectivity index (χ2v) is 2.75. The van der Waals surface area contributed by atoms with Crippen LogP contribution in [-0.2, 0) is 7.05 Å². The Bertz CT molecular complexity index is 474. The van der Waals surface area contributed by atoms with Crippen LogP contribution in [0, 0.1) is 0 Å². The smallest absolute Gasteiger partial charge is 0.251 e. The van der Waals surface area contributed by atoms with Gasteiger partial charge in [0.05, 0.1) is 11.9 Å². The van der Waals surface area contributed by atoms with Crippen molar-refractivity contribution >= 4 is 17.1 Å². The van der Waals surface area contributed by atoms with Gasteiger partial charge in [0.15, 0.2) is 5.65 Å². The molecule has 0 saturated heterocycles. The van der Waals surface area contributed by atoms with Crippen LogP contribution in [-0.4, -0.2) is 20.4 Å². The van der Waals surface area contributed by atoms with Crippen molar-refractivity contribution in [1.29, 1.82) is 0 Å². The number of fused-ring (bicyclic) bond motifs is 1. The van der Waals surface area contributed by atoms with Crippen molar-refractivity contribution in [3.63, 3.8) is 0 Å². The molecule has 2 N–H and O–H groups in total. The van der Waals surface area contributed by atoms with Crippen LogP contribution in [0.5, 0.6) is 0 Å². The number of hydrogen-bond acceptors (Lipinski definition) is 3. The van der Waals surface area contributed by atoms with Gasteiger partial charge < -0.3 is 10.3 Å². The Kier molecular flexibility index (Phi) is 1.51. The molecule has 0 aromatic carbocycles. The van der Waals surface area contributed by atoms with Crippen LogP contribution in [0.15, 0.2) is 18.6 Å². The second kappa shape index (κ2) is 2.55. The summed E-state index contributed by atoms with van der Waals surface area (Å²) in [6.45, 7) is 0. The Morgan fingerprint density at radius 1 is 1.54 bits per heavy atom. The first kappa shape index (κ1) is 7.72. The molecule has 2 rings (SSSR count). The molecule has 0 bridgehead atoms. The number of primary amides is 1. The highest BCUT2D eigenvalue weighted by atomic mass is 16.1. The number of pyridine rings is 1. The zero-order chi connectivity index (χ0) is 9.42. The molecule has 0 unspecified atom stereocenters. The molecule has 2 aromatic heterocycles. The minimum Gasteiger partial charge on any atom is -0.366 e. The third kappa shape index (κ3) is 1.05.